The Morgan fingerprint density at radius 1 is 1.00 bits per heavy atom. The molecule has 0 saturated carbocycles. The summed E-state index contributed by atoms with van der Waals surface area (Å²) in [6, 6.07) is 16.8. The van der Waals surface area contributed by atoms with Crippen LogP contribution in [0.15, 0.2) is 86.7 Å². The Balaban J connectivity index is 1.61. The van der Waals surface area contributed by atoms with Crippen molar-refractivity contribution in [1.29, 1.82) is 0 Å². The van der Waals surface area contributed by atoms with Crippen molar-refractivity contribution in [2.45, 2.75) is 0 Å². The number of hydrogen-bond donors (Lipinski definition) is 0. The van der Waals surface area contributed by atoms with Crippen LogP contribution in [0, 0.1) is 10.1 Å². The zero-order chi connectivity index (χ0) is 21.3. The van der Waals surface area contributed by atoms with E-state index in [1.165, 1.54) is 48.7 Å². The topological polar surface area (TPSA) is 99.7 Å². The first kappa shape index (κ1) is 19.5. The minimum atomic E-state index is -0.682. The van der Waals surface area contributed by atoms with Gasteiger partial charge in [-0.05, 0) is 42.0 Å². The number of hydrogen-bond acceptors (Lipinski definition) is 6. The Morgan fingerprint density at radius 3 is 2.37 bits per heavy atom. The number of halogens is 1. The maximum Gasteiger partial charge on any atom is 0.343 e. The number of nitro benzene ring substituents is 1. The van der Waals surface area contributed by atoms with Crippen LogP contribution in [-0.4, -0.2) is 10.9 Å². The van der Waals surface area contributed by atoms with Crippen LogP contribution < -0.4 is 10.2 Å². The lowest BCUT2D eigenvalue weighted by atomic mass is 10.1. The van der Waals surface area contributed by atoms with Gasteiger partial charge in [0.25, 0.3) is 5.69 Å². The SMILES string of the molecule is O=C(Oc1ccc2c(=O)c(-c3ccc(Br)cc3)coc2c1)c1ccc([N+](=O)[O-])cc1. The summed E-state index contributed by atoms with van der Waals surface area (Å²) in [5.41, 5.74) is 1.25. The van der Waals surface area contributed by atoms with Crippen LogP contribution in [0.2, 0.25) is 0 Å². The number of non-ortho nitro benzene ring substituents is 1. The van der Waals surface area contributed by atoms with Crippen LogP contribution in [0.3, 0.4) is 0 Å². The molecule has 0 aliphatic carbocycles. The van der Waals surface area contributed by atoms with E-state index in [1.54, 1.807) is 0 Å². The van der Waals surface area contributed by atoms with Crippen molar-refractivity contribution in [2.24, 2.45) is 0 Å². The van der Waals surface area contributed by atoms with Crippen LogP contribution in [0.25, 0.3) is 22.1 Å². The molecular weight excluding hydrogens is 454 g/mol. The normalized spacial score (nSPS) is 10.7. The quantitative estimate of drug-likeness (QED) is 0.174. The molecule has 1 heterocycles. The number of carbonyl (C=O) groups is 1. The number of ether oxygens (including phenoxy) is 1. The van der Waals surface area contributed by atoms with Gasteiger partial charge < -0.3 is 9.15 Å². The van der Waals surface area contributed by atoms with Crippen molar-refractivity contribution >= 4 is 38.6 Å². The van der Waals surface area contributed by atoms with Gasteiger partial charge in [0, 0.05) is 22.7 Å². The summed E-state index contributed by atoms with van der Waals surface area (Å²) in [5, 5.41) is 11.1. The van der Waals surface area contributed by atoms with Gasteiger partial charge in [-0.25, -0.2) is 4.79 Å². The molecule has 0 aliphatic heterocycles. The summed E-state index contributed by atoms with van der Waals surface area (Å²) in [6.07, 6.45) is 1.37. The molecule has 0 amide bonds. The average molecular weight is 466 g/mol. The third-order valence-electron chi connectivity index (χ3n) is 4.43. The van der Waals surface area contributed by atoms with Crippen molar-refractivity contribution in [1.82, 2.24) is 0 Å². The van der Waals surface area contributed by atoms with Crippen LogP contribution in [0.4, 0.5) is 5.69 Å². The second kappa shape index (κ2) is 7.92. The Kier molecular flexibility index (Phi) is 5.16. The van der Waals surface area contributed by atoms with E-state index in [9.17, 15) is 19.7 Å². The number of rotatable bonds is 4. The number of nitro groups is 1. The minimum Gasteiger partial charge on any atom is -0.463 e. The molecule has 4 aromatic rings. The van der Waals surface area contributed by atoms with E-state index in [-0.39, 0.29) is 28.0 Å². The Hall–Kier alpha value is -3.78. The van der Waals surface area contributed by atoms with Crippen molar-refractivity contribution < 1.29 is 18.9 Å². The van der Waals surface area contributed by atoms with Gasteiger partial charge in [0.15, 0.2) is 5.43 Å². The molecule has 0 fully saturated rings. The third kappa shape index (κ3) is 3.85. The second-order valence-electron chi connectivity index (χ2n) is 6.34. The van der Waals surface area contributed by atoms with Gasteiger partial charge in [-0.3, -0.25) is 14.9 Å². The van der Waals surface area contributed by atoms with E-state index >= 15 is 0 Å². The molecule has 4 rings (SSSR count). The molecule has 0 unspecified atom stereocenters. The molecule has 1 aromatic heterocycles. The molecule has 0 saturated heterocycles. The highest BCUT2D eigenvalue weighted by molar-refractivity contribution is 9.10. The smallest absolute Gasteiger partial charge is 0.343 e. The third-order valence-corrected chi connectivity index (χ3v) is 4.95. The Morgan fingerprint density at radius 2 is 1.70 bits per heavy atom. The van der Waals surface area contributed by atoms with Crippen molar-refractivity contribution in [3.8, 4) is 16.9 Å². The van der Waals surface area contributed by atoms with Crippen molar-refractivity contribution in [3.05, 3.63) is 103 Å². The highest BCUT2D eigenvalue weighted by Crippen LogP contribution is 2.25. The predicted octanol–water partition coefficient (Wildman–Crippen LogP) is 5.35. The first-order chi connectivity index (χ1) is 14.4. The van der Waals surface area contributed by atoms with Crippen molar-refractivity contribution in [3.63, 3.8) is 0 Å². The first-order valence-electron chi connectivity index (χ1n) is 8.70. The van der Waals surface area contributed by atoms with E-state index in [1.807, 2.05) is 24.3 Å². The highest BCUT2D eigenvalue weighted by atomic mass is 79.9. The zero-order valence-corrected chi connectivity index (χ0v) is 16.8. The largest absolute Gasteiger partial charge is 0.463 e. The van der Waals surface area contributed by atoms with E-state index in [0.717, 1.165) is 10.0 Å². The highest BCUT2D eigenvalue weighted by Gasteiger charge is 2.14. The fourth-order valence-corrected chi connectivity index (χ4v) is 3.15. The predicted molar refractivity (Wildman–Crippen MR) is 114 cm³/mol. The Labute approximate surface area is 177 Å². The zero-order valence-electron chi connectivity index (χ0n) is 15.2. The second-order valence-corrected chi connectivity index (χ2v) is 7.25. The molecule has 0 spiro atoms. The number of benzene rings is 3. The van der Waals surface area contributed by atoms with E-state index < -0.39 is 10.9 Å². The maximum atomic E-state index is 12.8. The average Bonchev–Trinajstić information content (AvgIpc) is 2.75. The van der Waals surface area contributed by atoms with Gasteiger partial charge in [0.05, 0.1) is 21.4 Å². The fourth-order valence-electron chi connectivity index (χ4n) is 2.89. The van der Waals surface area contributed by atoms with E-state index in [4.69, 9.17) is 9.15 Å². The summed E-state index contributed by atoms with van der Waals surface area (Å²) in [4.78, 5) is 35.3. The molecule has 148 valence electrons. The molecule has 8 heteroatoms. The summed E-state index contributed by atoms with van der Waals surface area (Å²) in [6.45, 7) is 0. The molecule has 30 heavy (non-hydrogen) atoms. The summed E-state index contributed by atoms with van der Waals surface area (Å²) in [7, 11) is 0. The van der Waals surface area contributed by atoms with Crippen LogP contribution in [-0.2, 0) is 0 Å². The molecule has 0 radical (unpaired) electrons. The molecule has 3 aromatic carbocycles. The molecule has 0 aliphatic rings. The molecule has 0 N–H and O–H groups in total. The molecule has 0 atom stereocenters. The van der Waals surface area contributed by atoms with Gasteiger partial charge >= 0.3 is 5.97 Å². The minimum absolute atomic E-state index is 0.124. The molecule has 7 nitrogen and oxygen atoms in total. The lowest BCUT2D eigenvalue weighted by molar-refractivity contribution is -0.384. The monoisotopic (exact) mass is 465 g/mol. The van der Waals surface area contributed by atoms with Crippen LogP contribution in [0.5, 0.6) is 5.75 Å². The molecule has 0 bridgehead atoms. The number of nitrogens with zero attached hydrogens (tertiary/aromatic N) is 1. The van der Waals surface area contributed by atoms with Crippen LogP contribution >= 0.6 is 15.9 Å². The lowest BCUT2D eigenvalue weighted by Gasteiger charge is -2.06. The Bertz CT molecular complexity index is 1330. The molecular formula is C22H12BrNO6. The van der Waals surface area contributed by atoms with Crippen LogP contribution in [0.1, 0.15) is 10.4 Å². The van der Waals surface area contributed by atoms with Gasteiger partial charge in [-0.1, -0.05) is 28.1 Å². The van der Waals surface area contributed by atoms with E-state index in [0.29, 0.717) is 10.9 Å². The maximum absolute atomic E-state index is 12.8. The van der Waals surface area contributed by atoms with Gasteiger partial charge in [0.2, 0.25) is 0 Å². The van der Waals surface area contributed by atoms with Gasteiger partial charge in [-0.2, -0.15) is 0 Å². The number of fused-ring (bicyclic) bond motifs is 1. The fraction of sp³-hybridized carbons (Fsp3) is 0. The van der Waals surface area contributed by atoms with Gasteiger partial charge in [-0.15, -0.1) is 0 Å². The summed E-state index contributed by atoms with van der Waals surface area (Å²) < 4.78 is 11.8. The van der Waals surface area contributed by atoms with Gasteiger partial charge in [0.1, 0.15) is 17.6 Å². The summed E-state index contributed by atoms with van der Waals surface area (Å²) in [5.74, 6) is -0.497. The lowest BCUT2D eigenvalue weighted by Crippen LogP contribution is -2.09. The number of carbonyl (C=O) groups excluding carboxylic acids is 1. The van der Waals surface area contributed by atoms with E-state index in [2.05, 4.69) is 15.9 Å². The summed E-state index contributed by atoms with van der Waals surface area (Å²) >= 11 is 3.36. The standard InChI is InChI=1S/C22H12BrNO6/c23-15-5-1-13(2-6-15)19-12-29-20-11-17(9-10-18(20)21(19)25)30-22(26)14-3-7-16(8-4-14)24(27)28/h1-12H. The number of esters is 1. The van der Waals surface area contributed by atoms with Crippen molar-refractivity contribution in [2.75, 3.05) is 0 Å². The first-order valence-corrected chi connectivity index (χ1v) is 9.50.